The Morgan fingerprint density at radius 1 is 1.42 bits per heavy atom. The zero-order valence-electron chi connectivity index (χ0n) is 13.4. The molecule has 8 heteroatoms. The molecule has 0 spiro atoms. The molecule has 1 fully saturated rings. The summed E-state index contributed by atoms with van der Waals surface area (Å²) in [7, 11) is 1.43. The molecule has 24 heavy (non-hydrogen) atoms. The summed E-state index contributed by atoms with van der Waals surface area (Å²) in [4.78, 5) is 37.2. The number of carbonyl (C=O) groups is 3. The van der Waals surface area contributed by atoms with Gasteiger partial charge in [0, 0.05) is 0 Å². The van der Waals surface area contributed by atoms with Crippen LogP contribution in [0.15, 0.2) is 23.1 Å². The fourth-order valence-corrected chi connectivity index (χ4v) is 3.04. The molecule has 1 aliphatic heterocycles. The molecule has 0 aliphatic carbocycles. The second-order valence-corrected chi connectivity index (χ2v) is 5.90. The van der Waals surface area contributed by atoms with Crippen LogP contribution in [0.5, 0.6) is 11.5 Å². The van der Waals surface area contributed by atoms with E-state index in [-0.39, 0.29) is 17.3 Å². The van der Waals surface area contributed by atoms with Crippen LogP contribution in [0.3, 0.4) is 0 Å². The van der Waals surface area contributed by atoms with Crippen LogP contribution >= 0.6 is 11.8 Å². The van der Waals surface area contributed by atoms with Gasteiger partial charge in [0.2, 0.25) is 0 Å². The van der Waals surface area contributed by atoms with Crippen molar-refractivity contribution in [1.82, 2.24) is 4.90 Å². The molecule has 0 radical (unpaired) electrons. The first-order valence-electron chi connectivity index (χ1n) is 7.19. The number of rotatable bonds is 5. The van der Waals surface area contributed by atoms with Gasteiger partial charge in [-0.2, -0.15) is 0 Å². The molecule has 7 nitrogen and oxygen atoms in total. The van der Waals surface area contributed by atoms with E-state index < -0.39 is 23.2 Å². The van der Waals surface area contributed by atoms with Crippen molar-refractivity contribution in [3.8, 4) is 11.5 Å². The summed E-state index contributed by atoms with van der Waals surface area (Å²) < 4.78 is 9.80. The molecular formula is C16H17NO6S. The largest absolute Gasteiger partial charge is 0.504 e. The summed E-state index contributed by atoms with van der Waals surface area (Å²) in [6.45, 7) is 3.26. The molecule has 0 bridgehead atoms. The fraction of sp³-hybridized carbons (Fsp3) is 0.312. The summed E-state index contributed by atoms with van der Waals surface area (Å²) in [5.41, 5.74) is 0.530. The molecule has 1 unspecified atom stereocenters. The van der Waals surface area contributed by atoms with Crippen LogP contribution in [0.1, 0.15) is 19.4 Å². The van der Waals surface area contributed by atoms with E-state index in [1.807, 2.05) is 0 Å². The number of nitrogens with zero attached hydrogens (tertiary/aromatic N) is 1. The van der Waals surface area contributed by atoms with Gasteiger partial charge in [0.15, 0.2) is 11.5 Å². The Bertz CT molecular complexity index is 715. The van der Waals surface area contributed by atoms with Crippen molar-refractivity contribution in [2.45, 2.75) is 19.9 Å². The van der Waals surface area contributed by atoms with Gasteiger partial charge in [-0.05, 0) is 49.4 Å². The number of thioether (sulfide) groups is 1. The molecule has 0 saturated carbocycles. The molecule has 2 rings (SSSR count). The molecular weight excluding hydrogens is 334 g/mol. The quantitative estimate of drug-likeness (QED) is 0.643. The number of phenolic OH excluding ortho intramolecular Hbond substituents is 1. The highest BCUT2D eigenvalue weighted by atomic mass is 32.2. The van der Waals surface area contributed by atoms with Crippen LogP contribution in [-0.2, 0) is 14.3 Å². The van der Waals surface area contributed by atoms with E-state index in [9.17, 15) is 19.5 Å². The van der Waals surface area contributed by atoms with E-state index in [0.717, 1.165) is 16.7 Å². The zero-order valence-corrected chi connectivity index (χ0v) is 14.3. The van der Waals surface area contributed by atoms with Gasteiger partial charge in [-0.3, -0.25) is 14.5 Å². The van der Waals surface area contributed by atoms with Crippen LogP contribution in [0.2, 0.25) is 0 Å². The maximum absolute atomic E-state index is 12.4. The number of methoxy groups -OCH3 is 1. The van der Waals surface area contributed by atoms with Crippen molar-refractivity contribution in [2.75, 3.05) is 13.7 Å². The normalized spacial score (nSPS) is 17.3. The second kappa shape index (κ2) is 7.39. The first kappa shape index (κ1) is 17.9. The lowest BCUT2D eigenvalue weighted by molar-refractivity contribution is -0.150. The minimum atomic E-state index is -0.993. The SMILES string of the molecule is CCOC(=O)C(C)N1C(=O)S/C(=C\c2ccc(OC)c(O)c2)C1=O. The first-order chi connectivity index (χ1) is 11.4. The number of carbonyl (C=O) groups excluding carboxylic acids is 3. The summed E-state index contributed by atoms with van der Waals surface area (Å²) in [5.74, 6) is -0.981. The number of phenols is 1. The van der Waals surface area contributed by atoms with Crippen LogP contribution < -0.4 is 4.74 Å². The molecule has 1 aromatic carbocycles. The summed E-state index contributed by atoms with van der Waals surface area (Å²) in [6, 6.07) is 3.61. The zero-order chi connectivity index (χ0) is 17.9. The lowest BCUT2D eigenvalue weighted by atomic mass is 10.2. The van der Waals surface area contributed by atoms with E-state index in [0.29, 0.717) is 11.3 Å². The Balaban J connectivity index is 2.24. The van der Waals surface area contributed by atoms with Crippen LogP contribution in [0.4, 0.5) is 4.79 Å². The molecule has 1 aromatic rings. The standard InChI is InChI=1S/C16H17NO6S/c1-4-23-15(20)9(2)17-14(19)13(24-16(17)21)8-10-5-6-12(22-3)11(18)7-10/h5-9,18H,4H2,1-3H3/b13-8-. The van der Waals surface area contributed by atoms with Crippen molar-refractivity contribution >= 4 is 35.0 Å². The second-order valence-electron chi connectivity index (χ2n) is 4.91. The predicted molar refractivity (Wildman–Crippen MR) is 88.6 cm³/mol. The van der Waals surface area contributed by atoms with E-state index in [2.05, 4.69) is 0 Å². The van der Waals surface area contributed by atoms with Crippen molar-refractivity contribution in [2.24, 2.45) is 0 Å². The van der Waals surface area contributed by atoms with Gasteiger partial charge in [0.25, 0.3) is 11.1 Å². The van der Waals surface area contributed by atoms with E-state index >= 15 is 0 Å². The molecule has 2 amide bonds. The van der Waals surface area contributed by atoms with Gasteiger partial charge in [-0.25, -0.2) is 4.79 Å². The first-order valence-corrected chi connectivity index (χ1v) is 8.01. The minimum absolute atomic E-state index is 0.0784. The molecule has 0 aromatic heterocycles. The van der Waals surface area contributed by atoms with Gasteiger partial charge in [-0.15, -0.1) is 0 Å². The van der Waals surface area contributed by atoms with E-state index in [4.69, 9.17) is 9.47 Å². The number of benzene rings is 1. The topological polar surface area (TPSA) is 93.1 Å². The monoisotopic (exact) mass is 351 g/mol. The molecule has 1 atom stereocenters. The van der Waals surface area contributed by atoms with Crippen molar-refractivity contribution in [1.29, 1.82) is 0 Å². The number of imide groups is 1. The number of aromatic hydroxyl groups is 1. The molecule has 1 saturated heterocycles. The highest BCUT2D eigenvalue weighted by Gasteiger charge is 2.41. The average Bonchev–Trinajstić information content (AvgIpc) is 2.81. The maximum Gasteiger partial charge on any atom is 0.329 e. The highest BCUT2D eigenvalue weighted by Crippen LogP contribution is 2.35. The van der Waals surface area contributed by atoms with E-state index in [1.165, 1.54) is 26.2 Å². The Morgan fingerprint density at radius 3 is 2.71 bits per heavy atom. The van der Waals surface area contributed by atoms with E-state index in [1.54, 1.807) is 19.1 Å². The van der Waals surface area contributed by atoms with Gasteiger partial charge in [0.1, 0.15) is 6.04 Å². The number of hydrogen-bond donors (Lipinski definition) is 1. The van der Waals surface area contributed by atoms with Gasteiger partial charge >= 0.3 is 5.97 Å². The van der Waals surface area contributed by atoms with Gasteiger partial charge < -0.3 is 14.6 Å². The summed E-state index contributed by atoms with van der Waals surface area (Å²) in [5, 5.41) is 9.23. The molecule has 128 valence electrons. The van der Waals surface area contributed by atoms with Crippen LogP contribution in [0.25, 0.3) is 6.08 Å². The van der Waals surface area contributed by atoms with Crippen molar-refractivity contribution < 1.29 is 29.0 Å². The van der Waals surface area contributed by atoms with Gasteiger partial charge in [-0.1, -0.05) is 6.07 Å². The third-order valence-electron chi connectivity index (χ3n) is 3.34. The lowest BCUT2D eigenvalue weighted by Crippen LogP contribution is -2.42. The molecule has 1 heterocycles. The van der Waals surface area contributed by atoms with Crippen molar-refractivity contribution in [3.05, 3.63) is 28.7 Å². The number of amides is 2. The van der Waals surface area contributed by atoms with Crippen LogP contribution in [0, 0.1) is 0 Å². The molecule has 1 N–H and O–H groups in total. The maximum atomic E-state index is 12.4. The third-order valence-corrected chi connectivity index (χ3v) is 4.22. The molecule has 1 aliphatic rings. The number of hydrogen-bond acceptors (Lipinski definition) is 7. The summed E-state index contributed by atoms with van der Waals surface area (Å²) >= 11 is 0.734. The van der Waals surface area contributed by atoms with Gasteiger partial charge in [0.05, 0.1) is 18.6 Å². The number of ether oxygens (including phenoxy) is 2. The Hall–Kier alpha value is -2.48. The highest BCUT2D eigenvalue weighted by molar-refractivity contribution is 8.18. The predicted octanol–water partition coefficient (Wildman–Crippen LogP) is 2.39. The Labute approximate surface area is 143 Å². The van der Waals surface area contributed by atoms with Crippen LogP contribution in [-0.4, -0.2) is 46.9 Å². The van der Waals surface area contributed by atoms with Crippen molar-refractivity contribution in [3.63, 3.8) is 0 Å². The smallest absolute Gasteiger partial charge is 0.329 e. The Morgan fingerprint density at radius 2 is 2.12 bits per heavy atom. The third kappa shape index (κ3) is 3.53. The Kier molecular flexibility index (Phi) is 5.50. The fourth-order valence-electron chi connectivity index (χ4n) is 2.13. The summed E-state index contributed by atoms with van der Waals surface area (Å²) in [6.07, 6.45) is 1.47. The number of esters is 1. The minimum Gasteiger partial charge on any atom is -0.504 e. The lowest BCUT2D eigenvalue weighted by Gasteiger charge is -2.19. The average molecular weight is 351 g/mol.